The molecule has 2 aromatic rings. The first-order valence-electron chi connectivity index (χ1n) is 11.2. The molecule has 13 heteroatoms. The Morgan fingerprint density at radius 3 is 2.46 bits per heavy atom. The molecule has 0 spiro atoms. The monoisotopic (exact) mass is 517 g/mol. The standard InChI is InChI=1S/C24H27N3O10/c1-24(2,3)37-22(29)25-18-14-35-20-10-9-17(13-19(20)26(4)21(18)28)33-11-12-34-23(30)36-16-7-5-15(6-8-16)27(31)32/h5-10,13,18H,11-12,14H2,1-4H3,(H,25,29)/t18-/m0/s1. The first kappa shape index (κ1) is 27.0. The summed E-state index contributed by atoms with van der Waals surface area (Å²) in [5.41, 5.74) is -0.428. The number of likely N-dealkylation sites (N-methyl/N-ethyl adjacent to an activating group) is 1. The lowest BCUT2D eigenvalue weighted by Crippen LogP contribution is -2.50. The third-order valence-corrected chi connectivity index (χ3v) is 4.84. The molecular formula is C24H27N3O10. The predicted molar refractivity (Wildman–Crippen MR) is 129 cm³/mol. The van der Waals surface area contributed by atoms with Gasteiger partial charge in [-0.25, -0.2) is 9.59 Å². The molecule has 0 saturated carbocycles. The van der Waals surface area contributed by atoms with Gasteiger partial charge in [-0.05, 0) is 45.0 Å². The summed E-state index contributed by atoms with van der Waals surface area (Å²) in [6.45, 7) is 4.91. The average Bonchev–Trinajstić information content (AvgIpc) is 2.93. The Labute approximate surface area is 212 Å². The molecule has 0 aliphatic carbocycles. The van der Waals surface area contributed by atoms with Crippen molar-refractivity contribution in [3.63, 3.8) is 0 Å². The third kappa shape index (κ3) is 7.72. The number of ether oxygens (including phenoxy) is 5. The van der Waals surface area contributed by atoms with Crippen LogP contribution < -0.4 is 24.4 Å². The second-order valence-electron chi connectivity index (χ2n) is 8.84. The molecule has 0 aromatic heterocycles. The van der Waals surface area contributed by atoms with Crippen molar-refractivity contribution in [1.29, 1.82) is 0 Å². The summed E-state index contributed by atoms with van der Waals surface area (Å²) in [6, 6.07) is 8.82. The van der Waals surface area contributed by atoms with Crippen LogP contribution in [-0.2, 0) is 14.3 Å². The number of nitro groups is 1. The summed E-state index contributed by atoms with van der Waals surface area (Å²) < 4.78 is 26.4. The molecule has 198 valence electrons. The van der Waals surface area contributed by atoms with Gasteiger partial charge in [-0.2, -0.15) is 0 Å². The average molecular weight is 517 g/mol. The molecule has 1 atom stereocenters. The molecule has 37 heavy (non-hydrogen) atoms. The topological polar surface area (TPSA) is 156 Å². The van der Waals surface area contributed by atoms with E-state index < -0.39 is 34.7 Å². The fourth-order valence-electron chi connectivity index (χ4n) is 3.17. The first-order chi connectivity index (χ1) is 17.4. The number of hydrogen-bond donors (Lipinski definition) is 1. The molecule has 2 amide bonds. The van der Waals surface area contributed by atoms with Crippen molar-refractivity contribution in [2.75, 3.05) is 31.8 Å². The largest absolute Gasteiger partial charge is 0.513 e. The Morgan fingerprint density at radius 2 is 1.81 bits per heavy atom. The summed E-state index contributed by atoms with van der Waals surface area (Å²) in [5, 5.41) is 13.2. The molecule has 1 heterocycles. The predicted octanol–water partition coefficient (Wildman–Crippen LogP) is 3.44. The number of anilines is 1. The quantitative estimate of drug-likeness (QED) is 0.190. The van der Waals surface area contributed by atoms with Gasteiger partial charge in [-0.15, -0.1) is 0 Å². The van der Waals surface area contributed by atoms with E-state index >= 15 is 0 Å². The van der Waals surface area contributed by atoms with Crippen molar-refractivity contribution in [2.45, 2.75) is 32.4 Å². The van der Waals surface area contributed by atoms with Crippen LogP contribution in [0.2, 0.25) is 0 Å². The Hall–Kier alpha value is -4.55. The minimum Gasteiger partial charge on any atom is -0.490 e. The zero-order chi connectivity index (χ0) is 27.2. The fourth-order valence-corrected chi connectivity index (χ4v) is 3.17. The second kappa shape index (κ2) is 11.5. The minimum absolute atomic E-state index is 0.0184. The van der Waals surface area contributed by atoms with Crippen LogP contribution >= 0.6 is 0 Å². The van der Waals surface area contributed by atoms with Crippen molar-refractivity contribution < 1.29 is 43.0 Å². The van der Waals surface area contributed by atoms with E-state index in [-0.39, 0.29) is 31.3 Å². The molecule has 2 aromatic carbocycles. The highest BCUT2D eigenvalue weighted by atomic mass is 16.7. The van der Waals surface area contributed by atoms with Gasteiger partial charge in [0.05, 0.1) is 10.6 Å². The number of alkyl carbamates (subject to hydrolysis) is 1. The van der Waals surface area contributed by atoms with Gasteiger partial charge in [0.2, 0.25) is 0 Å². The molecule has 0 fully saturated rings. The number of amides is 2. The normalized spacial score (nSPS) is 15.0. The van der Waals surface area contributed by atoms with Crippen molar-refractivity contribution in [1.82, 2.24) is 5.32 Å². The molecule has 0 radical (unpaired) electrons. The van der Waals surface area contributed by atoms with Gasteiger partial charge in [0.15, 0.2) is 0 Å². The van der Waals surface area contributed by atoms with Gasteiger partial charge in [-0.1, -0.05) is 0 Å². The van der Waals surface area contributed by atoms with Gasteiger partial charge in [0.1, 0.15) is 48.7 Å². The molecule has 1 aliphatic rings. The number of rotatable bonds is 7. The molecular weight excluding hydrogens is 490 g/mol. The maximum atomic E-state index is 12.9. The van der Waals surface area contributed by atoms with E-state index in [4.69, 9.17) is 23.7 Å². The van der Waals surface area contributed by atoms with E-state index in [2.05, 4.69) is 5.32 Å². The molecule has 3 rings (SSSR count). The zero-order valence-electron chi connectivity index (χ0n) is 20.7. The van der Waals surface area contributed by atoms with Gasteiger partial charge in [0.25, 0.3) is 11.6 Å². The maximum absolute atomic E-state index is 12.9. The fraction of sp³-hybridized carbons (Fsp3) is 0.375. The lowest BCUT2D eigenvalue weighted by molar-refractivity contribution is -0.384. The van der Waals surface area contributed by atoms with Crippen LogP contribution in [0.25, 0.3) is 0 Å². The first-order valence-corrected chi connectivity index (χ1v) is 11.2. The van der Waals surface area contributed by atoms with Crippen LogP contribution in [0.3, 0.4) is 0 Å². The highest BCUT2D eigenvalue weighted by molar-refractivity contribution is 6.00. The van der Waals surface area contributed by atoms with E-state index in [1.165, 1.54) is 29.2 Å². The third-order valence-electron chi connectivity index (χ3n) is 4.84. The number of non-ortho nitro benzene ring substituents is 1. The van der Waals surface area contributed by atoms with Crippen LogP contribution in [0, 0.1) is 10.1 Å². The Bertz CT molecular complexity index is 1160. The van der Waals surface area contributed by atoms with E-state index in [0.717, 1.165) is 0 Å². The van der Waals surface area contributed by atoms with Gasteiger partial charge in [0, 0.05) is 25.2 Å². The summed E-state index contributed by atoms with van der Waals surface area (Å²) in [6.07, 6.45) is -1.73. The summed E-state index contributed by atoms with van der Waals surface area (Å²) in [7, 11) is 1.54. The van der Waals surface area contributed by atoms with E-state index in [1.807, 2.05) is 0 Å². The van der Waals surface area contributed by atoms with Crippen LogP contribution in [0.4, 0.5) is 21.0 Å². The molecule has 0 bridgehead atoms. The smallest absolute Gasteiger partial charge is 0.490 e. The van der Waals surface area contributed by atoms with E-state index in [1.54, 1.807) is 46.0 Å². The van der Waals surface area contributed by atoms with Crippen LogP contribution in [-0.4, -0.2) is 61.6 Å². The number of carbonyl (C=O) groups excluding carboxylic acids is 3. The number of hydrogen-bond acceptors (Lipinski definition) is 10. The van der Waals surface area contributed by atoms with Crippen molar-refractivity contribution in [3.05, 3.63) is 52.6 Å². The Morgan fingerprint density at radius 1 is 1.14 bits per heavy atom. The number of carbonyl (C=O) groups is 3. The number of benzene rings is 2. The van der Waals surface area contributed by atoms with Crippen LogP contribution in [0.5, 0.6) is 17.2 Å². The number of nitrogens with zero attached hydrogens (tertiary/aromatic N) is 2. The van der Waals surface area contributed by atoms with Crippen LogP contribution in [0.15, 0.2) is 42.5 Å². The lowest BCUT2D eigenvalue weighted by Gasteiger charge is -2.23. The Balaban J connectivity index is 1.50. The van der Waals surface area contributed by atoms with Gasteiger partial charge >= 0.3 is 12.2 Å². The summed E-state index contributed by atoms with van der Waals surface area (Å²) in [5.74, 6) is 0.487. The Kier molecular flexibility index (Phi) is 8.37. The van der Waals surface area contributed by atoms with Crippen molar-refractivity contribution >= 4 is 29.5 Å². The molecule has 0 saturated heterocycles. The zero-order valence-corrected chi connectivity index (χ0v) is 20.7. The number of nitro benzene ring substituents is 1. The molecule has 1 aliphatic heterocycles. The van der Waals surface area contributed by atoms with Crippen LogP contribution in [0.1, 0.15) is 20.8 Å². The summed E-state index contributed by atoms with van der Waals surface area (Å²) >= 11 is 0. The molecule has 1 N–H and O–H groups in total. The van der Waals surface area contributed by atoms with Gasteiger partial charge < -0.3 is 33.9 Å². The molecule has 0 unspecified atom stereocenters. The second-order valence-corrected chi connectivity index (χ2v) is 8.84. The highest BCUT2D eigenvalue weighted by Crippen LogP contribution is 2.34. The van der Waals surface area contributed by atoms with Crippen molar-refractivity contribution in [3.8, 4) is 17.2 Å². The van der Waals surface area contributed by atoms with Crippen molar-refractivity contribution in [2.24, 2.45) is 0 Å². The minimum atomic E-state index is -0.998. The molecule has 13 nitrogen and oxygen atoms in total. The number of nitrogens with one attached hydrogen (secondary N) is 1. The highest BCUT2D eigenvalue weighted by Gasteiger charge is 2.32. The summed E-state index contributed by atoms with van der Waals surface area (Å²) in [4.78, 5) is 48.2. The van der Waals surface area contributed by atoms with E-state index in [0.29, 0.717) is 17.2 Å². The SMILES string of the molecule is CN1C(=O)[C@@H](NC(=O)OC(C)(C)C)COc2ccc(OCCOC(=O)Oc3ccc([N+](=O)[O-])cc3)cc21. The number of fused-ring (bicyclic) bond motifs is 1. The van der Waals surface area contributed by atoms with Gasteiger partial charge in [-0.3, -0.25) is 14.9 Å². The maximum Gasteiger partial charge on any atom is 0.513 e. The van der Waals surface area contributed by atoms with E-state index in [9.17, 15) is 24.5 Å². The lowest BCUT2D eigenvalue weighted by atomic mass is 10.2.